The van der Waals surface area contributed by atoms with Crippen LogP contribution >= 0.6 is 0 Å². The lowest BCUT2D eigenvalue weighted by Crippen LogP contribution is -2.30. The largest absolute Gasteiger partial charge is 0.462 e. The van der Waals surface area contributed by atoms with Gasteiger partial charge in [0.2, 0.25) is 0 Å². The molecule has 0 saturated heterocycles. The third kappa shape index (κ3) is 42.4. The first-order chi connectivity index (χ1) is 27.0. The highest BCUT2D eigenvalue weighted by atomic mass is 16.6. The van der Waals surface area contributed by atoms with E-state index in [9.17, 15) is 14.4 Å². The van der Waals surface area contributed by atoms with Gasteiger partial charge in [-0.1, -0.05) is 198 Å². The van der Waals surface area contributed by atoms with Crippen molar-refractivity contribution in [1.29, 1.82) is 0 Å². The van der Waals surface area contributed by atoms with E-state index in [1.165, 1.54) is 103 Å². The molecule has 0 saturated carbocycles. The van der Waals surface area contributed by atoms with Gasteiger partial charge in [0.15, 0.2) is 6.10 Å². The first-order valence-electron chi connectivity index (χ1n) is 23.1. The molecule has 6 nitrogen and oxygen atoms in total. The first kappa shape index (κ1) is 52.4. The zero-order valence-electron chi connectivity index (χ0n) is 36.2. The van der Waals surface area contributed by atoms with Crippen LogP contribution in [-0.4, -0.2) is 37.2 Å². The molecule has 0 rings (SSSR count). The minimum absolute atomic E-state index is 0.0834. The van der Waals surface area contributed by atoms with Crippen LogP contribution in [0.2, 0.25) is 0 Å². The number of unbranched alkanes of at least 4 members (excludes halogenated alkanes) is 22. The lowest BCUT2D eigenvalue weighted by Gasteiger charge is -2.18. The Labute approximate surface area is 339 Å². The minimum Gasteiger partial charge on any atom is -0.462 e. The predicted molar refractivity (Wildman–Crippen MR) is 233 cm³/mol. The fraction of sp³-hybridized carbons (Fsp3) is 0.776. The van der Waals surface area contributed by atoms with Crippen LogP contribution < -0.4 is 0 Å². The molecule has 0 radical (unpaired) electrons. The predicted octanol–water partition coefficient (Wildman–Crippen LogP) is 14.8. The molecule has 0 aliphatic rings. The van der Waals surface area contributed by atoms with Gasteiger partial charge in [-0.3, -0.25) is 14.4 Å². The third-order valence-corrected chi connectivity index (χ3v) is 9.85. The summed E-state index contributed by atoms with van der Waals surface area (Å²) in [6.07, 6.45) is 50.9. The molecule has 0 bridgehead atoms. The van der Waals surface area contributed by atoms with Gasteiger partial charge >= 0.3 is 17.9 Å². The molecule has 0 unspecified atom stereocenters. The Morgan fingerprint density at radius 3 is 1.11 bits per heavy atom. The highest BCUT2D eigenvalue weighted by Crippen LogP contribution is 2.14. The van der Waals surface area contributed by atoms with Crippen LogP contribution in [-0.2, 0) is 28.6 Å². The maximum absolute atomic E-state index is 12.7. The SMILES string of the molecule is CC/C=C\C/C=C\C/C=C\C/C=C\CCCCC(=O)OC[C@@H](COC(=O)CCCCCCCCCCCC)OC(=O)CCCCCCCCCCCCCC. The highest BCUT2D eigenvalue weighted by molar-refractivity contribution is 5.71. The van der Waals surface area contributed by atoms with Crippen molar-refractivity contribution in [3.05, 3.63) is 48.6 Å². The summed E-state index contributed by atoms with van der Waals surface area (Å²) in [5.41, 5.74) is 0. The van der Waals surface area contributed by atoms with Gasteiger partial charge in [-0.25, -0.2) is 0 Å². The van der Waals surface area contributed by atoms with Crippen LogP contribution in [0.3, 0.4) is 0 Å². The zero-order valence-corrected chi connectivity index (χ0v) is 36.2. The average molecular weight is 771 g/mol. The van der Waals surface area contributed by atoms with E-state index in [4.69, 9.17) is 14.2 Å². The molecule has 0 aromatic carbocycles. The Morgan fingerprint density at radius 2 is 0.709 bits per heavy atom. The second-order valence-corrected chi connectivity index (χ2v) is 15.3. The Bertz CT molecular complexity index is 980. The number of ether oxygens (including phenoxy) is 3. The Balaban J connectivity index is 4.42. The summed E-state index contributed by atoms with van der Waals surface area (Å²) >= 11 is 0. The number of hydrogen-bond donors (Lipinski definition) is 0. The Morgan fingerprint density at radius 1 is 0.382 bits per heavy atom. The lowest BCUT2D eigenvalue weighted by molar-refractivity contribution is -0.167. The molecule has 0 amide bonds. The number of hydrogen-bond acceptors (Lipinski definition) is 6. The second kappa shape index (κ2) is 44.1. The molecule has 318 valence electrons. The monoisotopic (exact) mass is 771 g/mol. The van der Waals surface area contributed by atoms with E-state index in [2.05, 4.69) is 69.4 Å². The molecule has 0 heterocycles. The van der Waals surface area contributed by atoms with Gasteiger partial charge in [-0.05, 0) is 57.8 Å². The van der Waals surface area contributed by atoms with Gasteiger partial charge < -0.3 is 14.2 Å². The molecular weight excluding hydrogens is 685 g/mol. The quantitative estimate of drug-likeness (QED) is 0.0267. The normalized spacial score (nSPS) is 12.4. The van der Waals surface area contributed by atoms with Crippen LogP contribution in [0.25, 0.3) is 0 Å². The summed E-state index contributed by atoms with van der Waals surface area (Å²) in [4.78, 5) is 37.7. The third-order valence-electron chi connectivity index (χ3n) is 9.85. The number of allylic oxidation sites excluding steroid dienone is 8. The van der Waals surface area contributed by atoms with E-state index in [1.807, 2.05) is 0 Å². The molecule has 0 fully saturated rings. The van der Waals surface area contributed by atoms with Gasteiger partial charge in [0.05, 0.1) is 0 Å². The van der Waals surface area contributed by atoms with Gasteiger partial charge in [0.25, 0.3) is 0 Å². The minimum atomic E-state index is -0.783. The number of carbonyl (C=O) groups excluding carboxylic acids is 3. The molecule has 6 heteroatoms. The van der Waals surface area contributed by atoms with Gasteiger partial charge in [0, 0.05) is 19.3 Å². The zero-order chi connectivity index (χ0) is 40.1. The van der Waals surface area contributed by atoms with E-state index in [1.54, 1.807) is 0 Å². The number of esters is 3. The maximum atomic E-state index is 12.7. The maximum Gasteiger partial charge on any atom is 0.306 e. The van der Waals surface area contributed by atoms with Crippen molar-refractivity contribution in [2.24, 2.45) is 0 Å². The van der Waals surface area contributed by atoms with E-state index in [-0.39, 0.29) is 31.1 Å². The van der Waals surface area contributed by atoms with Crippen molar-refractivity contribution >= 4 is 17.9 Å². The van der Waals surface area contributed by atoms with Crippen molar-refractivity contribution < 1.29 is 28.6 Å². The topological polar surface area (TPSA) is 78.9 Å². The Kier molecular flexibility index (Phi) is 42.0. The van der Waals surface area contributed by atoms with Crippen LogP contribution in [0, 0.1) is 0 Å². The second-order valence-electron chi connectivity index (χ2n) is 15.3. The smallest absolute Gasteiger partial charge is 0.306 e. The highest BCUT2D eigenvalue weighted by Gasteiger charge is 2.19. The van der Waals surface area contributed by atoms with Crippen LogP contribution in [0.5, 0.6) is 0 Å². The molecule has 0 aliphatic heterocycles. The molecule has 0 spiro atoms. The molecule has 55 heavy (non-hydrogen) atoms. The molecule has 0 aromatic rings. The molecular formula is C49H86O6. The average Bonchev–Trinajstić information content (AvgIpc) is 3.18. The van der Waals surface area contributed by atoms with E-state index in [0.29, 0.717) is 19.3 Å². The van der Waals surface area contributed by atoms with E-state index < -0.39 is 6.10 Å². The first-order valence-corrected chi connectivity index (χ1v) is 23.1. The molecule has 0 aromatic heterocycles. The van der Waals surface area contributed by atoms with E-state index in [0.717, 1.165) is 83.5 Å². The van der Waals surface area contributed by atoms with Gasteiger partial charge in [-0.2, -0.15) is 0 Å². The number of rotatable bonds is 41. The van der Waals surface area contributed by atoms with Crippen molar-refractivity contribution in [3.63, 3.8) is 0 Å². The van der Waals surface area contributed by atoms with Crippen LogP contribution in [0.15, 0.2) is 48.6 Å². The number of carbonyl (C=O) groups is 3. The van der Waals surface area contributed by atoms with Gasteiger partial charge in [-0.15, -0.1) is 0 Å². The van der Waals surface area contributed by atoms with Crippen molar-refractivity contribution in [1.82, 2.24) is 0 Å². The Hall–Kier alpha value is -2.63. The van der Waals surface area contributed by atoms with Crippen LogP contribution in [0.1, 0.15) is 226 Å². The van der Waals surface area contributed by atoms with Gasteiger partial charge in [0.1, 0.15) is 13.2 Å². The van der Waals surface area contributed by atoms with Crippen molar-refractivity contribution in [2.75, 3.05) is 13.2 Å². The summed E-state index contributed by atoms with van der Waals surface area (Å²) in [5, 5.41) is 0. The fourth-order valence-electron chi connectivity index (χ4n) is 6.37. The summed E-state index contributed by atoms with van der Waals surface area (Å²) < 4.78 is 16.7. The van der Waals surface area contributed by atoms with Crippen LogP contribution in [0.4, 0.5) is 0 Å². The summed E-state index contributed by atoms with van der Waals surface area (Å²) in [7, 11) is 0. The van der Waals surface area contributed by atoms with E-state index >= 15 is 0 Å². The van der Waals surface area contributed by atoms with Crippen molar-refractivity contribution in [3.8, 4) is 0 Å². The van der Waals surface area contributed by atoms with Crippen molar-refractivity contribution in [2.45, 2.75) is 232 Å². The summed E-state index contributed by atoms with van der Waals surface area (Å²) in [5.74, 6) is -0.926. The summed E-state index contributed by atoms with van der Waals surface area (Å²) in [6.45, 7) is 6.47. The lowest BCUT2D eigenvalue weighted by atomic mass is 10.0. The molecule has 1 atom stereocenters. The molecule has 0 aliphatic carbocycles. The molecule has 0 N–H and O–H groups in total. The fourth-order valence-corrected chi connectivity index (χ4v) is 6.37. The summed E-state index contributed by atoms with van der Waals surface area (Å²) in [6, 6.07) is 0. The standard InChI is InChI=1S/C49H86O6/c1-4-7-10-13-16-19-22-24-25-26-28-30-33-36-39-42-48(51)54-45-46(44-53-47(50)41-38-35-32-29-21-18-15-12-9-6-3)55-49(52)43-40-37-34-31-27-23-20-17-14-11-8-5-2/h7,10,16,19,24-25,28,30,46H,4-6,8-9,11-15,17-18,20-23,26-27,29,31-45H2,1-3H3/b10-7-,19-16-,25-24-,30-28-/t46-/m1/s1.